The Morgan fingerprint density at radius 1 is 1.12 bits per heavy atom. The number of nitrogens with zero attached hydrogens (tertiary/aromatic N) is 1. The molecule has 1 fully saturated rings. The van der Waals surface area contributed by atoms with Gasteiger partial charge in [-0.1, -0.05) is 69.5 Å². The van der Waals surface area contributed by atoms with Crippen LogP contribution in [0.4, 0.5) is 0 Å². The first-order valence-corrected chi connectivity index (χ1v) is 9.17. The molecule has 0 spiro atoms. The first-order valence-electron chi connectivity index (χ1n) is 9.17. The van der Waals surface area contributed by atoms with Crippen molar-refractivity contribution in [3.8, 4) is 0 Å². The van der Waals surface area contributed by atoms with Gasteiger partial charge in [0.15, 0.2) is 0 Å². The number of allylic oxidation sites excluding steroid dienone is 4. The zero-order valence-electron chi connectivity index (χ0n) is 15.7. The van der Waals surface area contributed by atoms with E-state index in [1.807, 2.05) is 26.0 Å². The fourth-order valence-electron chi connectivity index (χ4n) is 2.86. The van der Waals surface area contributed by atoms with Gasteiger partial charge in [-0.05, 0) is 30.6 Å². The van der Waals surface area contributed by atoms with Gasteiger partial charge in [0.1, 0.15) is 0 Å². The number of hydrogen-bond donors (Lipinski definition) is 2. The van der Waals surface area contributed by atoms with Crippen LogP contribution in [-0.2, 0) is 6.54 Å². The second-order valence-electron chi connectivity index (χ2n) is 5.85. The van der Waals surface area contributed by atoms with E-state index in [9.17, 15) is 0 Å². The highest BCUT2D eigenvalue weighted by Crippen LogP contribution is 2.16. The van der Waals surface area contributed by atoms with Crippen molar-refractivity contribution in [2.45, 2.75) is 39.3 Å². The van der Waals surface area contributed by atoms with Crippen molar-refractivity contribution in [2.75, 3.05) is 13.1 Å². The lowest BCUT2D eigenvalue weighted by molar-refractivity contribution is 0.195. The molecule has 0 atom stereocenters. The third-order valence-corrected chi connectivity index (χ3v) is 4.09. The lowest BCUT2D eigenvalue weighted by atomic mass is 10.0. The molecule has 1 aliphatic heterocycles. The van der Waals surface area contributed by atoms with Gasteiger partial charge in [-0.2, -0.15) is 0 Å². The van der Waals surface area contributed by atoms with Gasteiger partial charge < -0.3 is 11.1 Å². The summed E-state index contributed by atoms with van der Waals surface area (Å²) in [4.78, 5) is 2.51. The van der Waals surface area contributed by atoms with Crippen molar-refractivity contribution in [1.82, 2.24) is 10.2 Å². The van der Waals surface area contributed by atoms with E-state index in [4.69, 9.17) is 5.73 Å². The van der Waals surface area contributed by atoms with E-state index in [1.165, 1.54) is 5.56 Å². The Kier molecular flexibility index (Phi) is 10.1. The number of hydrogen-bond acceptors (Lipinski definition) is 3. The molecule has 0 aromatic heterocycles. The summed E-state index contributed by atoms with van der Waals surface area (Å²) < 4.78 is 0. The lowest BCUT2D eigenvalue weighted by Crippen LogP contribution is -2.42. The van der Waals surface area contributed by atoms with Crippen molar-refractivity contribution >= 4 is 0 Å². The number of benzene rings is 1. The zero-order chi connectivity index (χ0) is 18.5. The molecule has 0 bridgehead atoms. The maximum atomic E-state index is 6.06. The monoisotopic (exact) mass is 339 g/mol. The molecule has 0 aliphatic carbocycles. The molecule has 25 heavy (non-hydrogen) atoms. The van der Waals surface area contributed by atoms with Crippen LogP contribution in [0.3, 0.4) is 0 Å². The molecule has 0 saturated carbocycles. The summed E-state index contributed by atoms with van der Waals surface area (Å²) in [5.41, 5.74) is 9.07. The molecule has 1 aliphatic rings. The van der Waals surface area contributed by atoms with Crippen molar-refractivity contribution in [3.05, 3.63) is 84.8 Å². The van der Waals surface area contributed by atoms with Gasteiger partial charge in [-0.25, -0.2) is 0 Å². The fourth-order valence-corrected chi connectivity index (χ4v) is 2.86. The number of nitrogens with one attached hydrogen (secondary N) is 1. The van der Waals surface area contributed by atoms with Crippen LogP contribution in [0, 0.1) is 0 Å². The van der Waals surface area contributed by atoms with E-state index >= 15 is 0 Å². The second-order valence-corrected chi connectivity index (χ2v) is 5.85. The first kappa shape index (κ1) is 20.8. The molecular formula is C22H33N3. The van der Waals surface area contributed by atoms with E-state index < -0.39 is 0 Å². The van der Waals surface area contributed by atoms with E-state index in [-0.39, 0.29) is 0 Å². The molecule has 136 valence electrons. The summed E-state index contributed by atoms with van der Waals surface area (Å²) in [6.07, 6.45) is 9.43. The number of nitrogens with two attached hydrogens (primary N) is 1. The van der Waals surface area contributed by atoms with Crippen LogP contribution in [0.15, 0.2) is 79.2 Å². The minimum absolute atomic E-state index is 0.449. The van der Waals surface area contributed by atoms with Gasteiger partial charge in [0.05, 0.1) is 11.4 Å². The summed E-state index contributed by atoms with van der Waals surface area (Å²) in [5.74, 6) is 0. The highest BCUT2D eigenvalue weighted by atomic mass is 15.1. The summed E-state index contributed by atoms with van der Waals surface area (Å²) in [7, 11) is 0. The average Bonchev–Trinajstić information content (AvgIpc) is 2.65. The lowest BCUT2D eigenvalue weighted by Gasteiger charge is -2.33. The number of likely N-dealkylation sites (tertiary alicyclic amines) is 1. The molecule has 3 nitrogen and oxygen atoms in total. The Hall–Kier alpha value is -2.26. The molecule has 1 aromatic rings. The van der Waals surface area contributed by atoms with Crippen LogP contribution in [0.1, 0.15) is 32.3 Å². The standard InChI is InChI=1S/C20H27N3.C2H6/c1-3-8-19(21)20(9-4-2)22-18-12-14-23(15-13-18)16-17-10-6-5-7-11-17;1-2/h3-11,18,22H,1-2,12-16,21H2;1-2H3/b19-8+,20-9+;. The van der Waals surface area contributed by atoms with Crippen LogP contribution in [0.25, 0.3) is 0 Å². The van der Waals surface area contributed by atoms with Gasteiger partial charge in [0, 0.05) is 25.7 Å². The molecule has 2 rings (SSSR count). The molecule has 0 radical (unpaired) electrons. The number of rotatable bonds is 7. The predicted octanol–water partition coefficient (Wildman–Crippen LogP) is 4.37. The molecule has 1 heterocycles. The zero-order valence-corrected chi connectivity index (χ0v) is 15.7. The molecular weight excluding hydrogens is 306 g/mol. The van der Waals surface area contributed by atoms with Crippen molar-refractivity contribution in [3.63, 3.8) is 0 Å². The Morgan fingerprint density at radius 3 is 2.28 bits per heavy atom. The molecule has 3 N–H and O–H groups in total. The Bertz CT molecular complexity index is 564. The molecule has 1 aromatic carbocycles. The van der Waals surface area contributed by atoms with Crippen LogP contribution in [0.5, 0.6) is 0 Å². The van der Waals surface area contributed by atoms with Crippen LogP contribution < -0.4 is 11.1 Å². The third kappa shape index (κ3) is 7.44. The van der Waals surface area contributed by atoms with Gasteiger partial charge in [-0.15, -0.1) is 0 Å². The van der Waals surface area contributed by atoms with Gasteiger partial charge in [0.25, 0.3) is 0 Å². The highest BCUT2D eigenvalue weighted by Gasteiger charge is 2.19. The quantitative estimate of drug-likeness (QED) is 0.725. The number of piperidine rings is 1. The summed E-state index contributed by atoms with van der Waals surface area (Å²) >= 11 is 0. The maximum absolute atomic E-state index is 6.06. The average molecular weight is 340 g/mol. The molecule has 0 amide bonds. The largest absolute Gasteiger partial charge is 0.397 e. The summed E-state index contributed by atoms with van der Waals surface area (Å²) in [5, 5.41) is 3.55. The van der Waals surface area contributed by atoms with Crippen molar-refractivity contribution < 1.29 is 0 Å². The van der Waals surface area contributed by atoms with E-state index in [1.54, 1.807) is 12.2 Å². The molecule has 3 heteroatoms. The van der Waals surface area contributed by atoms with E-state index in [2.05, 4.69) is 53.7 Å². The minimum Gasteiger partial charge on any atom is -0.397 e. The normalized spacial score (nSPS) is 16.6. The topological polar surface area (TPSA) is 41.3 Å². The van der Waals surface area contributed by atoms with Gasteiger partial charge in [0.2, 0.25) is 0 Å². The van der Waals surface area contributed by atoms with Crippen LogP contribution in [-0.4, -0.2) is 24.0 Å². The summed E-state index contributed by atoms with van der Waals surface area (Å²) in [6.45, 7) is 14.7. The fraction of sp³-hybridized carbons (Fsp3) is 0.364. The Balaban J connectivity index is 0.00000151. The molecule has 1 saturated heterocycles. The second kappa shape index (κ2) is 12.2. The third-order valence-electron chi connectivity index (χ3n) is 4.09. The maximum Gasteiger partial charge on any atom is 0.0575 e. The van der Waals surface area contributed by atoms with Gasteiger partial charge in [-0.3, -0.25) is 4.90 Å². The van der Waals surface area contributed by atoms with E-state index in [0.29, 0.717) is 11.7 Å². The Labute approximate surface area is 153 Å². The van der Waals surface area contributed by atoms with Crippen LogP contribution >= 0.6 is 0 Å². The van der Waals surface area contributed by atoms with Crippen LogP contribution in [0.2, 0.25) is 0 Å². The smallest absolute Gasteiger partial charge is 0.0575 e. The first-order chi connectivity index (χ1) is 12.2. The van der Waals surface area contributed by atoms with Crippen molar-refractivity contribution in [2.24, 2.45) is 5.73 Å². The minimum atomic E-state index is 0.449. The Morgan fingerprint density at radius 2 is 1.72 bits per heavy atom. The van der Waals surface area contributed by atoms with E-state index in [0.717, 1.165) is 38.2 Å². The van der Waals surface area contributed by atoms with Crippen molar-refractivity contribution in [1.29, 1.82) is 0 Å². The highest BCUT2D eigenvalue weighted by molar-refractivity contribution is 5.32. The SMILES string of the molecule is C=C/C=C(N)\C(=C/C=C)NC1CCN(Cc2ccccc2)CC1.CC. The predicted molar refractivity (Wildman–Crippen MR) is 110 cm³/mol. The summed E-state index contributed by atoms with van der Waals surface area (Å²) in [6, 6.07) is 11.1. The molecule has 0 unspecified atom stereocenters. The van der Waals surface area contributed by atoms with Gasteiger partial charge >= 0.3 is 0 Å².